The smallest absolute Gasteiger partial charge is 0.409 e. The molecular formula is C19H28N2O2. The maximum Gasteiger partial charge on any atom is 0.409 e. The van der Waals surface area contributed by atoms with Crippen LogP contribution < -0.4 is 0 Å². The number of rotatable bonds is 7. The van der Waals surface area contributed by atoms with E-state index in [2.05, 4.69) is 24.1 Å². The fourth-order valence-electron chi connectivity index (χ4n) is 2.83. The first kappa shape index (κ1) is 17.5. The molecule has 0 aliphatic carbocycles. The number of hydrogen-bond donors (Lipinski definition) is 0. The summed E-state index contributed by atoms with van der Waals surface area (Å²) < 4.78 is 5.28. The first-order valence-corrected chi connectivity index (χ1v) is 8.78. The molecule has 4 heteroatoms. The number of pyridine rings is 1. The highest BCUT2D eigenvalue weighted by molar-refractivity contribution is 5.67. The number of carbonyl (C=O) groups excluding carboxylic acids is 1. The van der Waals surface area contributed by atoms with Crippen molar-refractivity contribution in [1.29, 1.82) is 0 Å². The number of allylic oxidation sites excluding steroid dienone is 1. The molecule has 0 spiro atoms. The largest absolute Gasteiger partial charge is 0.449 e. The fourth-order valence-corrected chi connectivity index (χ4v) is 2.83. The molecule has 1 amide bonds. The topological polar surface area (TPSA) is 42.4 Å². The van der Waals surface area contributed by atoms with Crippen molar-refractivity contribution in [2.45, 2.75) is 45.4 Å². The van der Waals surface area contributed by atoms with Crippen molar-refractivity contribution in [3.63, 3.8) is 0 Å². The average Bonchev–Trinajstić information content (AvgIpc) is 2.60. The van der Waals surface area contributed by atoms with Gasteiger partial charge < -0.3 is 9.64 Å². The van der Waals surface area contributed by atoms with Crippen LogP contribution in [0, 0.1) is 5.92 Å². The Morgan fingerprint density at radius 2 is 2.09 bits per heavy atom. The molecule has 4 nitrogen and oxygen atoms in total. The van der Waals surface area contributed by atoms with Crippen LogP contribution in [0.15, 0.2) is 30.6 Å². The molecule has 0 atom stereocenters. The Hall–Kier alpha value is -1.84. The Balaban J connectivity index is 1.61. The SMILES string of the molecule is CCCCOC(=O)N1CCC(CC/C=C/c2ccncc2)CC1. The molecule has 1 aromatic rings. The molecule has 0 saturated carbocycles. The molecule has 1 aliphatic rings. The van der Waals surface area contributed by atoms with Gasteiger partial charge in [-0.15, -0.1) is 0 Å². The Kier molecular flexibility index (Phi) is 7.64. The second-order valence-electron chi connectivity index (χ2n) is 6.16. The lowest BCUT2D eigenvalue weighted by atomic mass is 9.92. The number of unbranched alkanes of at least 4 members (excludes halogenated alkanes) is 1. The van der Waals surface area contributed by atoms with Crippen molar-refractivity contribution in [2.24, 2.45) is 5.92 Å². The maximum atomic E-state index is 11.9. The molecule has 1 fully saturated rings. The van der Waals surface area contributed by atoms with Crippen molar-refractivity contribution in [3.05, 3.63) is 36.2 Å². The summed E-state index contributed by atoms with van der Waals surface area (Å²) in [5.41, 5.74) is 1.20. The van der Waals surface area contributed by atoms with Gasteiger partial charge in [0.25, 0.3) is 0 Å². The van der Waals surface area contributed by atoms with E-state index in [1.165, 1.54) is 12.0 Å². The van der Waals surface area contributed by atoms with Gasteiger partial charge in [-0.25, -0.2) is 4.79 Å². The number of aromatic nitrogens is 1. The monoisotopic (exact) mass is 316 g/mol. The Morgan fingerprint density at radius 3 is 2.78 bits per heavy atom. The van der Waals surface area contributed by atoms with Gasteiger partial charge >= 0.3 is 6.09 Å². The molecule has 126 valence electrons. The van der Waals surface area contributed by atoms with Crippen molar-refractivity contribution >= 4 is 12.2 Å². The zero-order valence-corrected chi connectivity index (χ0v) is 14.1. The minimum atomic E-state index is -0.130. The summed E-state index contributed by atoms with van der Waals surface area (Å²) in [4.78, 5) is 17.8. The van der Waals surface area contributed by atoms with Gasteiger partial charge in [-0.1, -0.05) is 25.5 Å². The molecule has 0 radical (unpaired) electrons. The number of nitrogens with zero attached hydrogens (tertiary/aromatic N) is 2. The van der Waals surface area contributed by atoms with Gasteiger partial charge in [0.2, 0.25) is 0 Å². The van der Waals surface area contributed by atoms with E-state index in [4.69, 9.17) is 4.74 Å². The molecule has 0 N–H and O–H groups in total. The molecule has 1 aromatic heterocycles. The van der Waals surface area contributed by atoms with Gasteiger partial charge in [-0.3, -0.25) is 4.98 Å². The van der Waals surface area contributed by atoms with Crippen molar-refractivity contribution in [2.75, 3.05) is 19.7 Å². The van der Waals surface area contributed by atoms with Gasteiger partial charge in [0.15, 0.2) is 0 Å². The number of amides is 1. The predicted molar refractivity (Wildman–Crippen MR) is 93.1 cm³/mol. The van der Waals surface area contributed by atoms with Crippen LogP contribution in [0.1, 0.15) is 51.0 Å². The van der Waals surface area contributed by atoms with E-state index in [1.807, 2.05) is 29.4 Å². The van der Waals surface area contributed by atoms with Crippen LogP contribution in [0.25, 0.3) is 6.08 Å². The highest BCUT2D eigenvalue weighted by atomic mass is 16.6. The van der Waals surface area contributed by atoms with Crippen LogP contribution in [-0.2, 0) is 4.74 Å². The third-order valence-corrected chi connectivity index (χ3v) is 4.35. The standard InChI is InChI=1S/C19H28N2O2/c1-2-3-16-23-19(22)21-14-10-18(11-15-21)7-5-4-6-17-8-12-20-13-9-17/h4,6,8-9,12-13,18H,2-3,5,7,10-11,14-16H2,1H3/b6-4+. The van der Waals surface area contributed by atoms with E-state index in [1.54, 1.807) is 0 Å². The van der Waals surface area contributed by atoms with Crippen LogP contribution >= 0.6 is 0 Å². The van der Waals surface area contributed by atoms with E-state index < -0.39 is 0 Å². The van der Waals surface area contributed by atoms with Crippen LogP contribution in [0.4, 0.5) is 4.79 Å². The number of ether oxygens (including phenoxy) is 1. The van der Waals surface area contributed by atoms with Crippen molar-refractivity contribution in [1.82, 2.24) is 9.88 Å². The van der Waals surface area contributed by atoms with E-state index in [9.17, 15) is 4.79 Å². The van der Waals surface area contributed by atoms with Gasteiger partial charge in [0, 0.05) is 25.5 Å². The Labute approximate surface area is 139 Å². The highest BCUT2D eigenvalue weighted by Gasteiger charge is 2.23. The van der Waals surface area contributed by atoms with Crippen molar-refractivity contribution in [3.8, 4) is 0 Å². The van der Waals surface area contributed by atoms with Crippen molar-refractivity contribution < 1.29 is 9.53 Å². The van der Waals surface area contributed by atoms with E-state index in [0.29, 0.717) is 6.61 Å². The van der Waals surface area contributed by atoms with Crippen LogP contribution in [-0.4, -0.2) is 35.7 Å². The van der Waals surface area contributed by atoms with E-state index >= 15 is 0 Å². The quantitative estimate of drug-likeness (QED) is 0.694. The maximum absolute atomic E-state index is 11.9. The zero-order valence-electron chi connectivity index (χ0n) is 14.1. The van der Waals surface area contributed by atoms with Crippen LogP contribution in [0.2, 0.25) is 0 Å². The van der Waals surface area contributed by atoms with Gasteiger partial charge in [-0.05, 0) is 55.7 Å². The number of piperidine rings is 1. The summed E-state index contributed by atoms with van der Waals surface area (Å²) in [6.07, 6.45) is 14.4. The molecule has 2 rings (SSSR count). The average molecular weight is 316 g/mol. The third kappa shape index (κ3) is 6.43. The lowest BCUT2D eigenvalue weighted by molar-refractivity contribution is 0.0860. The minimum absolute atomic E-state index is 0.130. The molecule has 1 saturated heterocycles. The molecule has 0 unspecified atom stereocenters. The summed E-state index contributed by atoms with van der Waals surface area (Å²) in [7, 11) is 0. The molecule has 0 bridgehead atoms. The summed E-state index contributed by atoms with van der Waals surface area (Å²) >= 11 is 0. The summed E-state index contributed by atoms with van der Waals surface area (Å²) in [6, 6.07) is 4.03. The number of carbonyl (C=O) groups is 1. The third-order valence-electron chi connectivity index (χ3n) is 4.35. The lowest BCUT2D eigenvalue weighted by Gasteiger charge is -2.31. The van der Waals surface area contributed by atoms with Gasteiger partial charge in [-0.2, -0.15) is 0 Å². The fraction of sp³-hybridized carbons (Fsp3) is 0.579. The van der Waals surface area contributed by atoms with Gasteiger partial charge in [0.05, 0.1) is 6.61 Å². The molecule has 2 heterocycles. The van der Waals surface area contributed by atoms with Crippen LogP contribution in [0.5, 0.6) is 0 Å². The highest BCUT2D eigenvalue weighted by Crippen LogP contribution is 2.22. The summed E-state index contributed by atoms with van der Waals surface area (Å²) in [5, 5.41) is 0. The summed E-state index contributed by atoms with van der Waals surface area (Å²) in [5.74, 6) is 0.719. The van der Waals surface area contributed by atoms with Crippen LogP contribution in [0.3, 0.4) is 0 Å². The Morgan fingerprint density at radius 1 is 1.35 bits per heavy atom. The predicted octanol–water partition coefficient (Wildman–Crippen LogP) is 4.52. The summed E-state index contributed by atoms with van der Waals surface area (Å²) in [6.45, 7) is 4.32. The second-order valence-corrected chi connectivity index (χ2v) is 6.16. The first-order chi connectivity index (χ1) is 11.3. The molecule has 23 heavy (non-hydrogen) atoms. The first-order valence-electron chi connectivity index (χ1n) is 8.78. The minimum Gasteiger partial charge on any atom is -0.449 e. The lowest BCUT2D eigenvalue weighted by Crippen LogP contribution is -2.38. The number of hydrogen-bond acceptors (Lipinski definition) is 3. The normalized spacial score (nSPS) is 16.0. The molecular weight excluding hydrogens is 288 g/mol. The molecule has 0 aromatic carbocycles. The van der Waals surface area contributed by atoms with E-state index in [0.717, 1.165) is 51.1 Å². The zero-order chi connectivity index (χ0) is 16.3. The number of likely N-dealkylation sites (tertiary alicyclic amines) is 1. The van der Waals surface area contributed by atoms with Gasteiger partial charge in [0.1, 0.15) is 0 Å². The molecule has 1 aliphatic heterocycles. The second kappa shape index (κ2) is 10.0. The Bertz CT molecular complexity index is 479. The van der Waals surface area contributed by atoms with E-state index in [-0.39, 0.29) is 6.09 Å².